The number of aliphatic hydroxyl groups excluding tert-OH is 1. The molecule has 2 aliphatic heterocycles. The van der Waals surface area contributed by atoms with Gasteiger partial charge in [-0.25, -0.2) is 0 Å². The number of fused-ring (bicyclic) bond motifs is 3. The summed E-state index contributed by atoms with van der Waals surface area (Å²) in [5.74, 6) is 0.409. The molecule has 1 fully saturated rings. The van der Waals surface area contributed by atoms with Crippen molar-refractivity contribution >= 4 is 5.91 Å². The van der Waals surface area contributed by atoms with Crippen LogP contribution in [0.5, 0.6) is 0 Å². The van der Waals surface area contributed by atoms with Crippen molar-refractivity contribution in [2.24, 2.45) is 5.92 Å². The van der Waals surface area contributed by atoms with Crippen molar-refractivity contribution in [2.75, 3.05) is 26.3 Å². The molecule has 3 aliphatic rings. The molecule has 0 bridgehead atoms. The summed E-state index contributed by atoms with van der Waals surface area (Å²) in [5, 5.41) is 9.52. The van der Waals surface area contributed by atoms with Crippen molar-refractivity contribution in [1.29, 1.82) is 0 Å². The first-order chi connectivity index (χ1) is 16.2. The maximum atomic E-state index is 13.2. The molecule has 0 radical (unpaired) electrons. The first kappa shape index (κ1) is 22.2. The summed E-state index contributed by atoms with van der Waals surface area (Å²) in [6.07, 6.45) is 5.98. The molecule has 5 rings (SSSR count). The molecule has 0 aromatic heterocycles. The molecule has 33 heavy (non-hydrogen) atoms. The van der Waals surface area contributed by atoms with Gasteiger partial charge < -0.3 is 19.5 Å². The van der Waals surface area contributed by atoms with Crippen molar-refractivity contribution < 1.29 is 19.4 Å². The van der Waals surface area contributed by atoms with Gasteiger partial charge in [-0.1, -0.05) is 42.5 Å². The lowest BCUT2D eigenvalue weighted by Gasteiger charge is -2.37. The molecule has 2 aromatic rings. The Morgan fingerprint density at radius 2 is 1.91 bits per heavy atom. The van der Waals surface area contributed by atoms with E-state index in [1.165, 1.54) is 27.8 Å². The standard InChI is InChI=1S/C28H33NO4/c1-2-32-28-24(10-7-15-30)25(18-26(33-28)27(31)29-13-5-6-14-29)20-11-12-23-21(17-20)16-19-8-3-4-9-22(19)23/h3-4,8-9,11-12,17-18,24-25,28,30H,2,5-7,10,13-16H2,1H3/t24-,25+,28+/m0/s1. The highest BCUT2D eigenvalue weighted by atomic mass is 16.7. The lowest BCUT2D eigenvalue weighted by Crippen LogP contribution is -2.39. The van der Waals surface area contributed by atoms with Crippen LogP contribution in [0.15, 0.2) is 54.3 Å². The molecule has 5 heteroatoms. The minimum atomic E-state index is -0.497. The second-order valence-corrected chi connectivity index (χ2v) is 9.28. The van der Waals surface area contributed by atoms with Gasteiger partial charge in [0.15, 0.2) is 5.76 Å². The third kappa shape index (κ3) is 4.32. The monoisotopic (exact) mass is 447 g/mol. The fourth-order valence-electron chi connectivity index (χ4n) is 5.59. The Morgan fingerprint density at radius 3 is 2.70 bits per heavy atom. The number of amides is 1. The Kier molecular flexibility index (Phi) is 6.52. The average Bonchev–Trinajstić information content (AvgIpc) is 3.50. The van der Waals surface area contributed by atoms with Gasteiger partial charge >= 0.3 is 0 Å². The third-order valence-corrected chi connectivity index (χ3v) is 7.22. The van der Waals surface area contributed by atoms with Crippen LogP contribution in [0.1, 0.15) is 55.2 Å². The van der Waals surface area contributed by atoms with Crippen LogP contribution in [0.4, 0.5) is 0 Å². The summed E-state index contributed by atoms with van der Waals surface area (Å²) in [4.78, 5) is 15.1. The smallest absolute Gasteiger partial charge is 0.288 e. The van der Waals surface area contributed by atoms with Gasteiger partial charge in [0.05, 0.1) is 0 Å². The van der Waals surface area contributed by atoms with Gasteiger partial charge in [0, 0.05) is 38.1 Å². The Bertz CT molecular complexity index is 1040. The van der Waals surface area contributed by atoms with Crippen molar-refractivity contribution in [3.63, 3.8) is 0 Å². The van der Waals surface area contributed by atoms with E-state index in [0.717, 1.165) is 38.8 Å². The summed E-state index contributed by atoms with van der Waals surface area (Å²) in [6, 6.07) is 15.3. The second-order valence-electron chi connectivity index (χ2n) is 9.28. The molecule has 5 nitrogen and oxygen atoms in total. The Labute approximate surface area is 196 Å². The minimum Gasteiger partial charge on any atom is -0.459 e. The molecular formula is C28H33NO4. The van der Waals surface area contributed by atoms with E-state index in [2.05, 4.69) is 42.5 Å². The molecule has 1 amide bonds. The highest BCUT2D eigenvalue weighted by Crippen LogP contribution is 2.43. The van der Waals surface area contributed by atoms with Crippen LogP contribution in [0.2, 0.25) is 0 Å². The average molecular weight is 448 g/mol. The summed E-state index contributed by atoms with van der Waals surface area (Å²) < 4.78 is 12.2. The number of rotatable bonds is 7. The van der Waals surface area contributed by atoms with Crippen molar-refractivity contribution in [3.8, 4) is 11.1 Å². The van der Waals surface area contributed by atoms with E-state index >= 15 is 0 Å². The minimum absolute atomic E-state index is 0.00239. The van der Waals surface area contributed by atoms with Gasteiger partial charge in [0.1, 0.15) is 0 Å². The van der Waals surface area contributed by atoms with Crippen LogP contribution in [-0.2, 0) is 20.7 Å². The van der Waals surface area contributed by atoms with Gasteiger partial charge in [-0.05, 0) is 72.9 Å². The molecule has 3 atom stereocenters. The van der Waals surface area contributed by atoms with Gasteiger partial charge in [0.2, 0.25) is 6.29 Å². The quantitative estimate of drug-likeness (QED) is 0.574. The van der Waals surface area contributed by atoms with Gasteiger partial charge in [-0.15, -0.1) is 0 Å². The van der Waals surface area contributed by atoms with Crippen LogP contribution in [0, 0.1) is 5.92 Å². The topological polar surface area (TPSA) is 59.0 Å². The molecule has 0 unspecified atom stereocenters. The van der Waals surface area contributed by atoms with Crippen molar-refractivity contribution in [3.05, 3.63) is 71.0 Å². The number of hydrogen-bond donors (Lipinski definition) is 1. The fourth-order valence-corrected chi connectivity index (χ4v) is 5.59. The molecule has 1 aliphatic carbocycles. The van der Waals surface area contributed by atoms with E-state index < -0.39 is 6.29 Å². The molecular weight excluding hydrogens is 414 g/mol. The molecule has 2 heterocycles. The second kappa shape index (κ2) is 9.70. The van der Waals surface area contributed by atoms with Crippen LogP contribution in [0.25, 0.3) is 11.1 Å². The van der Waals surface area contributed by atoms with E-state index in [9.17, 15) is 9.90 Å². The van der Waals surface area contributed by atoms with Crippen LogP contribution < -0.4 is 0 Å². The summed E-state index contributed by atoms with van der Waals surface area (Å²) in [6.45, 7) is 4.17. The van der Waals surface area contributed by atoms with E-state index in [1.54, 1.807) is 0 Å². The summed E-state index contributed by atoms with van der Waals surface area (Å²) in [7, 11) is 0. The molecule has 1 N–H and O–H groups in total. The summed E-state index contributed by atoms with van der Waals surface area (Å²) >= 11 is 0. The van der Waals surface area contributed by atoms with Crippen molar-refractivity contribution in [1.82, 2.24) is 4.90 Å². The van der Waals surface area contributed by atoms with Crippen LogP contribution in [0.3, 0.4) is 0 Å². The number of hydrogen-bond acceptors (Lipinski definition) is 4. The number of aliphatic hydroxyl groups is 1. The van der Waals surface area contributed by atoms with Crippen LogP contribution >= 0.6 is 0 Å². The first-order valence-corrected chi connectivity index (χ1v) is 12.3. The number of allylic oxidation sites excluding steroid dienone is 1. The first-order valence-electron chi connectivity index (χ1n) is 12.3. The maximum Gasteiger partial charge on any atom is 0.288 e. The molecule has 0 saturated carbocycles. The zero-order valence-electron chi connectivity index (χ0n) is 19.3. The van der Waals surface area contributed by atoms with E-state index in [-0.39, 0.29) is 24.3 Å². The fraction of sp³-hybridized carbons (Fsp3) is 0.464. The Balaban J connectivity index is 1.51. The number of ether oxygens (including phenoxy) is 2. The van der Waals surface area contributed by atoms with Crippen LogP contribution in [-0.4, -0.2) is 48.5 Å². The largest absolute Gasteiger partial charge is 0.459 e. The highest BCUT2D eigenvalue weighted by Gasteiger charge is 2.39. The number of nitrogens with zero attached hydrogens (tertiary/aromatic N) is 1. The zero-order valence-corrected chi connectivity index (χ0v) is 19.3. The third-order valence-electron chi connectivity index (χ3n) is 7.22. The van der Waals surface area contributed by atoms with Gasteiger partial charge in [-0.2, -0.15) is 0 Å². The summed E-state index contributed by atoms with van der Waals surface area (Å²) in [5.41, 5.74) is 6.49. The molecule has 174 valence electrons. The van der Waals surface area contributed by atoms with Gasteiger partial charge in [-0.3, -0.25) is 4.79 Å². The van der Waals surface area contributed by atoms with E-state index in [1.807, 2.05) is 17.9 Å². The van der Waals surface area contributed by atoms with Gasteiger partial charge in [0.25, 0.3) is 5.91 Å². The molecule has 1 saturated heterocycles. The van der Waals surface area contributed by atoms with E-state index in [4.69, 9.17) is 9.47 Å². The Hall–Kier alpha value is -2.63. The maximum absolute atomic E-state index is 13.2. The predicted molar refractivity (Wildman–Crippen MR) is 128 cm³/mol. The van der Waals surface area contributed by atoms with E-state index in [0.29, 0.717) is 18.8 Å². The Morgan fingerprint density at radius 1 is 1.12 bits per heavy atom. The number of benzene rings is 2. The molecule has 2 aromatic carbocycles. The zero-order chi connectivity index (χ0) is 22.8. The lowest BCUT2D eigenvalue weighted by molar-refractivity contribution is -0.170. The SMILES string of the molecule is CCO[C@@H]1OC(C(=O)N2CCCC2)=C[C@H](c2ccc3c(c2)Cc2ccccc2-3)[C@@H]1CCCO. The molecule has 0 spiro atoms. The highest BCUT2D eigenvalue weighted by molar-refractivity contribution is 5.92. The normalized spacial score (nSPS) is 23.6. The number of carbonyl (C=O) groups excluding carboxylic acids is 1. The number of carbonyl (C=O) groups is 1. The predicted octanol–water partition coefficient (Wildman–Crippen LogP) is 4.63. The number of likely N-dealkylation sites (tertiary alicyclic amines) is 1. The van der Waals surface area contributed by atoms with Crippen molar-refractivity contribution in [2.45, 2.75) is 51.2 Å². The lowest BCUT2D eigenvalue weighted by atomic mass is 9.79.